The van der Waals surface area contributed by atoms with Crippen LogP contribution in [0.1, 0.15) is 38.4 Å². The highest BCUT2D eigenvalue weighted by Crippen LogP contribution is 2.26. The number of aliphatic imine (C=N–C) groups is 3. The fourth-order valence-corrected chi connectivity index (χ4v) is 4.36. The highest BCUT2D eigenvalue weighted by molar-refractivity contribution is 6.13. The van der Waals surface area contributed by atoms with Crippen LogP contribution in [0.3, 0.4) is 0 Å². The normalized spacial score (nSPS) is 22.5. The molecule has 3 aliphatic heterocycles. The fourth-order valence-electron chi connectivity index (χ4n) is 4.36. The number of pyridine rings is 1. The molecule has 5 rings (SSSR count). The average molecular weight is 475 g/mol. The standard InChI is InChI=1S/C25H30N8O2/c1-4-5-16(13-27-15(2)3)17-12-19-21(31-32-22(19)28-14-17)24-29-20-18(6-7-26-23(20)30-24)25(34)33-8-10-35-11-9-33/h5-7,12-15,20,23H,4,8-11H2,1-3H3,(H,29,30)(H,28,31,32)/b16-5+,27-13?. The summed E-state index contributed by atoms with van der Waals surface area (Å²) in [6, 6.07) is 1.94. The topological polar surface area (TPSA) is 120 Å². The number of dihydropyridines is 1. The quantitative estimate of drug-likeness (QED) is 0.622. The molecule has 2 atom stereocenters. The molecule has 1 saturated heterocycles. The van der Waals surface area contributed by atoms with E-state index in [2.05, 4.69) is 49.5 Å². The molecule has 2 aromatic rings. The number of amides is 1. The molecule has 10 heteroatoms. The molecule has 182 valence electrons. The maximum atomic E-state index is 13.2. The van der Waals surface area contributed by atoms with E-state index in [1.54, 1.807) is 12.3 Å². The van der Waals surface area contributed by atoms with Crippen molar-refractivity contribution >= 4 is 40.8 Å². The molecule has 2 unspecified atom stereocenters. The number of rotatable bonds is 6. The van der Waals surface area contributed by atoms with Gasteiger partial charge in [-0.1, -0.05) is 13.0 Å². The zero-order chi connectivity index (χ0) is 24.4. The van der Waals surface area contributed by atoms with Crippen molar-refractivity contribution in [3.05, 3.63) is 41.2 Å². The Morgan fingerprint density at radius 1 is 1.34 bits per heavy atom. The summed E-state index contributed by atoms with van der Waals surface area (Å²) in [6.45, 7) is 8.49. The van der Waals surface area contributed by atoms with Crippen LogP contribution in [-0.2, 0) is 9.53 Å². The largest absolute Gasteiger partial charge is 0.378 e. The average Bonchev–Trinajstić information content (AvgIpc) is 3.50. The molecule has 0 saturated carbocycles. The van der Waals surface area contributed by atoms with Crippen LogP contribution in [0.25, 0.3) is 16.6 Å². The lowest BCUT2D eigenvalue weighted by Crippen LogP contribution is -2.47. The first-order valence-corrected chi connectivity index (χ1v) is 12.1. The van der Waals surface area contributed by atoms with Gasteiger partial charge >= 0.3 is 0 Å². The number of allylic oxidation sites excluding steroid dienone is 3. The van der Waals surface area contributed by atoms with Gasteiger partial charge in [0.15, 0.2) is 11.8 Å². The first kappa shape index (κ1) is 23.1. The summed E-state index contributed by atoms with van der Waals surface area (Å²) in [5.41, 5.74) is 3.97. The maximum Gasteiger partial charge on any atom is 0.252 e. The zero-order valence-electron chi connectivity index (χ0n) is 20.2. The van der Waals surface area contributed by atoms with E-state index < -0.39 is 6.17 Å². The van der Waals surface area contributed by atoms with Crippen molar-refractivity contribution in [3.8, 4) is 0 Å². The molecule has 0 bridgehead atoms. The molecule has 5 heterocycles. The second kappa shape index (κ2) is 9.91. The number of nitrogens with zero attached hydrogens (tertiary/aromatic N) is 6. The van der Waals surface area contributed by atoms with Gasteiger partial charge in [0.05, 0.1) is 18.6 Å². The minimum Gasteiger partial charge on any atom is -0.378 e. The van der Waals surface area contributed by atoms with Crippen molar-refractivity contribution in [2.24, 2.45) is 15.0 Å². The van der Waals surface area contributed by atoms with E-state index in [1.807, 2.05) is 31.2 Å². The van der Waals surface area contributed by atoms with E-state index in [0.29, 0.717) is 43.4 Å². The highest BCUT2D eigenvalue weighted by atomic mass is 16.5. The van der Waals surface area contributed by atoms with Gasteiger partial charge in [-0.15, -0.1) is 0 Å². The predicted octanol–water partition coefficient (Wildman–Crippen LogP) is 2.14. The minimum atomic E-state index is -0.404. The lowest BCUT2D eigenvalue weighted by molar-refractivity contribution is -0.131. The second-order valence-electron chi connectivity index (χ2n) is 8.97. The Morgan fingerprint density at radius 3 is 2.94 bits per heavy atom. The Labute approximate surface area is 204 Å². The summed E-state index contributed by atoms with van der Waals surface area (Å²) in [7, 11) is 0. The predicted molar refractivity (Wildman–Crippen MR) is 137 cm³/mol. The third kappa shape index (κ3) is 4.66. The number of carbonyl (C=O) groups is 1. The van der Waals surface area contributed by atoms with Gasteiger partial charge < -0.3 is 15.0 Å². The number of hydrogen-bond donors (Lipinski definition) is 2. The van der Waals surface area contributed by atoms with Crippen molar-refractivity contribution < 1.29 is 9.53 Å². The van der Waals surface area contributed by atoms with Crippen LogP contribution in [0.2, 0.25) is 0 Å². The number of amidine groups is 1. The molecular formula is C25H30N8O2. The number of nitrogens with one attached hydrogen (secondary N) is 2. The van der Waals surface area contributed by atoms with Crippen molar-refractivity contribution in [2.45, 2.75) is 45.4 Å². The number of aromatic nitrogens is 3. The number of aromatic amines is 1. The highest BCUT2D eigenvalue weighted by Gasteiger charge is 2.38. The molecule has 0 spiro atoms. The van der Waals surface area contributed by atoms with Crippen LogP contribution < -0.4 is 5.32 Å². The monoisotopic (exact) mass is 474 g/mol. The number of morpholine rings is 1. The van der Waals surface area contributed by atoms with Gasteiger partial charge in [0.25, 0.3) is 5.91 Å². The molecule has 0 aromatic carbocycles. The molecule has 2 aromatic heterocycles. The van der Waals surface area contributed by atoms with Gasteiger partial charge in [0.1, 0.15) is 17.6 Å². The number of carbonyl (C=O) groups excluding carboxylic acids is 1. The summed E-state index contributed by atoms with van der Waals surface area (Å²) in [5.74, 6) is 0.619. The van der Waals surface area contributed by atoms with Crippen molar-refractivity contribution in [1.29, 1.82) is 0 Å². The second-order valence-corrected chi connectivity index (χ2v) is 8.97. The van der Waals surface area contributed by atoms with Crippen LogP contribution in [-0.4, -0.2) is 88.8 Å². The molecule has 2 N–H and O–H groups in total. The van der Waals surface area contributed by atoms with Gasteiger partial charge in [-0.2, -0.15) is 5.10 Å². The molecule has 0 radical (unpaired) electrons. The summed E-state index contributed by atoms with van der Waals surface area (Å²) in [4.78, 5) is 33.4. The van der Waals surface area contributed by atoms with E-state index >= 15 is 0 Å². The summed E-state index contributed by atoms with van der Waals surface area (Å²) >= 11 is 0. The van der Waals surface area contributed by atoms with E-state index in [0.717, 1.165) is 28.6 Å². The molecule has 10 nitrogen and oxygen atoms in total. The van der Waals surface area contributed by atoms with Crippen molar-refractivity contribution in [3.63, 3.8) is 0 Å². The van der Waals surface area contributed by atoms with Crippen LogP contribution in [0.15, 0.2) is 45.0 Å². The molecule has 3 aliphatic rings. The summed E-state index contributed by atoms with van der Waals surface area (Å²) in [5, 5.41) is 11.7. The van der Waals surface area contributed by atoms with Gasteiger partial charge in [-0.3, -0.25) is 19.9 Å². The van der Waals surface area contributed by atoms with E-state index in [1.165, 1.54) is 0 Å². The van der Waals surface area contributed by atoms with Crippen LogP contribution in [0, 0.1) is 0 Å². The number of ether oxygens (including phenoxy) is 1. The third-order valence-corrected chi connectivity index (χ3v) is 6.14. The van der Waals surface area contributed by atoms with Crippen LogP contribution in [0.5, 0.6) is 0 Å². The molecule has 1 amide bonds. The Balaban J connectivity index is 1.43. The third-order valence-electron chi connectivity index (χ3n) is 6.14. The van der Waals surface area contributed by atoms with Gasteiger partial charge in [-0.25, -0.2) is 9.98 Å². The van der Waals surface area contributed by atoms with Gasteiger partial charge in [0.2, 0.25) is 0 Å². The van der Waals surface area contributed by atoms with E-state index in [4.69, 9.17) is 9.73 Å². The smallest absolute Gasteiger partial charge is 0.252 e. The Bertz CT molecular complexity index is 1260. The first-order chi connectivity index (χ1) is 17.0. The van der Waals surface area contributed by atoms with Crippen LogP contribution >= 0.6 is 0 Å². The van der Waals surface area contributed by atoms with Crippen molar-refractivity contribution in [1.82, 2.24) is 25.4 Å². The molecule has 0 aliphatic carbocycles. The number of fused-ring (bicyclic) bond motifs is 2. The first-order valence-electron chi connectivity index (χ1n) is 12.1. The summed E-state index contributed by atoms with van der Waals surface area (Å²) in [6.07, 6.45) is 9.79. The Morgan fingerprint density at radius 2 is 2.17 bits per heavy atom. The molecular weight excluding hydrogens is 444 g/mol. The Hall–Kier alpha value is -3.66. The number of H-pyrrole nitrogens is 1. The Kier molecular flexibility index (Phi) is 6.54. The van der Waals surface area contributed by atoms with Gasteiger partial charge in [-0.05, 0) is 38.0 Å². The van der Waals surface area contributed by atoms with E-state index in [-0.39, 0.29) is 18.0 Å². The van der Waals surface area contributed by atoms with E-state index in [9.17, 15) is 4.79 Å². The maximum absolute atomic E-state index is 13.2. The SMILES string of the molecule is CC/C=C(\C=NC(C)C)c1cnc2n[nH]c(C3=NC4N=CC=C(C(=O)N5CCOCC5)C4N3)c2c1. The number of hydrogen-bond acceptors (Lipinski definition) is 8. The summed E-state index contributed by atoms with van der Waals surface area (Å²) < 4.78 is 5.39. The van der Waals surface area contributed by atoms with Crippen LogP contribution in [0.4, 0.5) is 0 Å². The lowest BCUT2D eigenvalue weighted by atomic mass is 10.0. The molecule has 1 fully saturated rings. The zero-order valence-corrected chi connectivity index (χ0v) is 20.2. The van der Waals surface area contributed by atoms with Crippen molar-refractivity contribution in [2.75, 3.05) is 26.3 Å². The fraction of sp³-hybridized carbons (Fsp3) is 0.440. The molecule has 35 heavy (non-hydrogen) atoms. The lowest BCUT2D eigenvalue weighted by Gasteiger charge is -2.30. The minimum absolute atomic E-state index is 0.00407. The van der Waals surface area contributed by atoms with Gasteiger partial charge in [0, 0.05) is 48.9 Å².